The van der Waals surface area contributed by atoms with Crippen LogP contribution in [0, 0.1) is 11.8 Å². The molecular weight excluding hydrogens is 352 g/mol. The summed E-state index contributed by atoms with van der Waals surface area (Å²) in [5, 5.41) is 0. The van der Waals surface area contributed by atoms with E-state index in [1.807, 2.05) is 66.9 Å². The number of hydrogen-bond acceptors (Lipinski definition) is 3. The predicted octanol–water partition coefficient (Wildman–Crippen LogP) is 1.37. The number of carbonyl (C=O) groups is 3. The molecule has 1 unspecified atom stereocenters. The van der Waals surface area contributed by atoms with Crippen molar-refractivity contribution in [3.63, 3.8) is 0 Å². The van der Waals surface area contributed by atoms with E-state index in [0.717, 1.165) is 21.6 Å². The summed E-state index contributed by atoms with van der Waals surface area (Å²) in [6, 6.07) is 16.8. The third kappa shape index (κ3) is 2.33. The Morgan fingerprint density at radius 3 is 2.39 bits per heavy atom. The average Bonchev–Trinajstić information content (AvgIpc) is 3.18. The summed E-state index contributed by atoms with van der Waals surface area (Å²) in [5.41, 5.74) is 3.01. The average molecular weight is 373 g/mol. The van der Waals surface area contributed by atoms with Crippen molar-refractivity contribution in [2.24, 2.45) is 11.8 Å². The van der Waals surface area contributed by atoms with Crippen molar-refractivity contribution in [3.05, 3.63) is 77.5 Å². The van der Waals surface area contributed by atoms with E-state index in [0.29, 0.717) is 0 Å². The maximum Gasteiger partial charge on any atom is 0.240 e. The van der Waals surface area contributed by atoms with E-state index < -0.39 is 17.9 Å². The number of likely N-dealkylation sites (tertiary alicyclic amines) is 1. The summed E-state index contributed by atoms with van der Waals surface area (Å²) in [6.45, 7) is 1.79. The van der Waals surface area contributed by atoms with E-state index in [1.165, 1.54) is 11.8 Å². The number of ketones is 1. The Morgan fingerprint density at radius 2 is 1.64 bits per heavy atom. The van der Waals surface area contributed by atoms with Crippen molar-refractivity contribution in [1.29, 1.82) is 0 Å². The van der Waals surface area contributed by atoms with Gasteiger partial charge in [-0.3, -0.25) is 24.2 Å². The Labute approximate surface area is 163 Å². The van der Waals surface area contributed by atoms with E-state index in [2.05, 4.69) is 0 Å². The number of quaternary nitrogens is 1. The highest BCUT2D eigenvalue weighted by Crippen LogP contribution is 2.43. The second-order valence-electron chi connectivity index (χ2n) is 7.83. The number of hydrogen-bond donors (Lipinski definition) is 1. The Bertz CT molecular complexity index is 1010. The molecule has 140 valence electrons. The van der Waals surface area contributed by atoms with Crippen LogP contribution in [0.5, 0.6) is 0 Å². The van der Waals surface area contributed by atoms with Crippen molar-refractivity contribution >= 4 is 23.7 Å². The first-order chi connectivity index (χ1) is 13.6. The Morgan fingerprint density at radius 1 is 0.964 bits per heavy atom. The predicted molar refractivity (Wildman–Crippen MR) is 103 cm³/mol. The highest BCUT2D eigenvalue weighted by atomic mass is 16.2. The second-order valence-corrected chi connectivity index (χ2v) is 7.83. The minimum atomic E-state index is -0.593. The lowest BCUT2D eigenvalue weighted by Crippen LogP contribution is -3.12. The molecule has 5 atom stereocenters. The molecule has 0 bridgehead atoms. The van der Waals surface area contributed by atoms with Gasteiger partial charge in [0.25, 0.3) is 0 Å². The minimum Gasteiger partial charge on any atom is -0.293 e. The summed E-state index contributed by atoms with van der Waals surface area (Å²) >= 11 is 0. The maximum absolute atomic E-state index is 13.4. The van der Waals surface area contributed by atoms with Crippen LogP contribution in [0.3, 0.4) is 0 Å². The van der Waals surface area contributed by atoms with Gasteiger partial charge < -0.3 is 0 Å². The van der Waals surface area contributed by atoms with Crippen LogP contribution >= 0.6 is 0 Å². The van der Waals surface area contributed by atoms with Gasteiger partial charge in [0, 0.05) is 12.5 Å². The van der Waals surface area contributed by atoms with E-state index in [9.17, 15) is 14.4 Å². The maximum atomic E-state index is 13.4. The molecule has 2 saturated heterocycles. The smallest absolute Gasteiger partial charge is 0.240 e. The number of nitrogens with zero attached hydrogens (tertiary/aromatic N) is 1. The summed E-state index contributed by atoms with van der Waals surface area (Å²) in [4.78, 5) is 41.5. The number of nitrogens with one attached hydrogen (secondary N) is 1. The molecule has 5 heteroatoms. The van der Waals surface area contributed by atoms with Gasteiger partial charge >= 0.3 is 0 Å². The van der Waals surface area contributed by atoms with Gasteiger partial charge in [0.2, 0.25) is 11.8 Å². The van der Waals surface area contributed by atoms with Crippen LogP contribution in [0.2, 0.25) is 0 Å². The standard InChI is InChI=1S/C23H20N2O3/c1-14(26)20-18-19(21-17-10-6-5-9-16(17)11-12-24(20)21)23(28)25(22(18)27)13-15-7-3-2-4-8-15/h2-12,18-21H,13H2,1H3/p+1/t18-,19+,20-,21+/m1/s1. The van der Waals surface area contributed by atoms with Gasteiger partial charge in [-0.2, -0.15) is 0 Å². The monoisotopic (exact) mass is 373 g/mol. The Hall–Kier alpha value is -3.05. The number of rotatable bonds is 3. The lowest BCUT2D eigenvalue weighted by molar-refractivity contribution is -0.884. The molecule has 0 saturated carbocycles. The van der Waals surface area contributed by atoms with Crippen LogP contribution in [0.15, 0.2) is 60.8 Å². The quantitative estimate of drug-likeness (QED) is 0.827. The summed E-state index contributed by atoms with van der Waals surface area (Å²) in [5.74, 6) is -1.50. The third-order valence-corrected chi connectivity index (χ3v) is 6.33. The third-order valence-electron chi connectivity index (χ3n) is 6.33. The zero-order chi connectivity index (χ0) is 19.4. The molecule has 0 spiro atoms. The van der Waals surface area contributed by atoms with Crippen molar-refractivity contribution in [3.8, 4) is 0 Å². The number of fused-ring (bicyclic) bond motifs is 5. The van der Waals surface area contributed by atoms with Crippen molar-refractivity contribution < 1.29 is 19.3 Å². The second kappa shape index (κ2) is 6.24. The number of carbonyl (C=O) groups excluding carboxylic acids is 3. The van der Waals surface area contributed by atoms with Crippen LogP contribution in [0.1, 0.15) is 29.7 Å². The molecule has 3 heterocycles. The summed E-state index contributed by atoms with van der Waals surface area (Å²) in [6.07, 6.45) is 3.95. The lowest BCUT2D eigenvalue weighted by atomic mass is 9.84. The molecule has 5 nitrogen and oxygen atoms in total. The minimum absolute atomic E-state index is 0.0424. The van der Waals surface area contributed by atoms with Crippen LogP contribution < -0.4 is 4.90 Å². The molecule has 2 fully saturated rings. The van der Waals surface area contributed by atoms with E-state index in [1.54, 1.807) is 0 Å². The number of benzene rings is 2. The molecule has 1 N–H and O–H groups in total. The number of imide groups is 1. The molecule has 2 amide bonds. The number of Topliss-reactive ketones (excluding diaryl/α,β-unsaturated/α-hetero) is 1. The zero-order valence-corrected chi connectivity index (χ0v) is 15.5. The molecule has 2 aromatic carbocycles. The molecule has 0 radical (unpaired) electrons. The molecule has 3 aliphatic heterocycles. The van der Waals surface area contributed by atoms with Crippen LogP contribution in [-0.4, -0.2) is 28.5 Å². The molecule has 0 aliphatic carbocycles. The topological polar surface area (TPSA) is 58.9 Å². The van der Waals surface area contributed by atoms with Gasteiger partial charge in [-0.15, -0.1) is 0 Å². The van der Waals surface area contributed by atoms with Crippen molar-refractivity contribution in [1.82, 2.24) is 4.90 Å². The van der Waals surface area contributed by atoms with Gasteiger partial charge in [-0.25, -0.2) is 0 Å². The van der Waals surface area contributed by atoms with Gasteiger partial charge in [-0.05, 0) is 17.2 Å². The fourth-order valence-corrected chi connectivity index (χ4v) is 5.21. The summed E-state index contributed by atoms with van der Waals surface area (Å²) < 4.78 is 0. The van der Waals surface area contributed by atoms with E-state index in [4.69, 9.17) is 0 Å². The summed E-state index contributed by atoms with van der Waals surface area (Å²) in [7, 11) is 0. The van der Waals surface area contributed by atoms with Gasteiger partial charge in [0.1, 0.15) is 17.9 Å². The molecule has 2 aromatic rings. The van der Waals surface area contributed by atoms with Crippen LogP contribution in [0.4, 0.5) is 0 Å². The van der Waals surface area contributed by atoms with Gasteiger partial charge in [-0.1, -0.05) is 54.6 Å². The van der Waals surface area contributed by atoms with Crippen molar-refractivity contribution in [2.75, 3.05) is 0 Å². The largest absolute Gasteiger partial charge is 0.293 e. The zero-order valence-electron chi connectivity index (χ0n) is 15.5. The first kappa shape index (κ1) is 17.1. The molecule has 0 aromatic heterocycles. The molecular formula is C23H21N2O3+. The number of amides is 2. The van der Waals surface area contributed by atoms with Gasteiger partial charge in [0.05, 0.1) is 12.7 Å². The van der Waals surface area contributed by atoms with Crippen LogP contribution in [0.25, 0.3) is 6.08 Å². The Kier molecular flexibility index (Phi) is 3.81. The van der Waals surface area contributed by atoms with Crippen molar-refractivity contribution in [2.45, 2.75) is 25.6 Å². The first-order valence-electron chi connectivity index (χ1n) is 9.61. The lowest BCUT2D eigenvalue weighted by Gasteiger charge is -2.30. The molecule has 28 heavy (non-hydrogen) atoms. The molecule has 3 aliphatic rings. The van der Waals surface area contributed by atoms with E-state index in [-0.39, 0.29) is 30.2 Å². The molecule has 5 rings (SSSR count). The first-order valence-corrected chi connectivity index (χ1v) is 9.61. The fraction of sp³-hybridized carbons (Fsp3) is 0.261. The SMILES string of the molecule is CC(=O)[C@@H]1[C@@H]2C(=O)N(Cc3ccccc3)C(=O)[C@@H]2[C@@H]2c3ccccc3C=C[NH+]12. The normalized spacial score (nSPS) is 30.2. The fourth-order valence-electron chi connectivity index (χ4n) is 5.21. The van der Waals surface area contributed by atoms with E-state index >= 15 is 0 Å². The van der Waals surface area contributed by atoms with Crippen LogP contribution in [-0.2, 0) is 20.9 Å². The highest BCUT2D eigenvalue weighted by molar-refractivity contribution is 6.08. The van der Waals surface area contributed by atoms with Gasteiger partial charge in [0.15, 0.2) is 11.8 Å². The highest BCUT2D eigenvalue weighted by Gasteiger charge is 2.67. The Balaban J connectivity index is 1.58.